The number of carbonyl (C=O) groups is 2. The summed E-state index contributed by atoms with van der Waals surface area (Å²) in [5, 5.41) is 4.92. The van der Waals surface area contributed by atoms with Crippen LogP contribution in [-0.4, -0.2) is 54.6 Å². The smallest absolute Gasteiger partial charge is 0.322 e. The maximum atomic E-state index is 13.6. The molecule has 3 amide bonds. The molecule has 1 unspecified atom stereocenters. The second-order valence-corrected chi connectivity index (χ2v) is 9.49. The molecule has 1 aliphatic heterocycles. The lowest BCUT2D eigenvalue weighted by molar-refractivity contribution is -0.133. The highest BCUT2D eigenvalue weighted by atomic mass is 32.1. The molecule has 0 aliphatic carbocycles. The van der Waals surface area contributed by atoms with E-state index in [0.29, 0.717) is 37.7 Å². The van der Waals surface area contributed by atoms with Crippen LogP contribution in [0, 0.1) is 0 Å². The van der Waals surface area contributed by atoms with Gasteiger partial charge in [0.05, 0.1) is 25.4 Å². The number of nitrogens with one attached hydrogen (secondary N) is 1. The fourth-order valence-corrected chi connectivity index (χ4v) is 4.80. The first kappa shape index (κ1) is 24.8. The number of benzene rings is 2. The molecule has 4 rings (SSSR count). The average molecular weight is 494 g/mol. The molecule has 1 atom stereocenters. The molecule has 1 aliphatic rings. The second-order valence-electron chi connectivity index (χ2n) is 8.46. The highest BCUT2D eigenvalue weighted by molar-refractivity contribution is 7.09. The fourth-order valence-electron chi connectivity index (χ4n) is 4.09. The largest absolute Gasteiger partial charge is 0.495 e. The third-order valence-electron chi connectivity index (χ3n) is 5.91. The number of methoxy groups -OCH3 is 1. The van der Waals surface area contributed by atoms with E-state index in [1.165, 1.54) is 0 Å². The number of amides is 3. The summed E-state index contributed by atoms with van der Waals surface area (Å²) in [6.45, 7) is 1.95. The Morgan fingerprint density at radius 2 is 1.83 bits per heavy atom. The molecule has 1 aromatic heterocycles. The summed E-state index contributed by atoms with van der Waals surface area (Å²) in [4.78, 5) is 31.4. The summed E-state index contributed by atoms with van der Waals surface area (Å²) in [7, 11) is 1.56. The van der Waals surface area contributed by atoms with Crippen molar-refractivity contribution in [2.45, 2.75) is 32.0 Å². The standard InChI is InChI=1S/C27H31N3O4S/c1-33-25-14-6-5-13-24(25)28-27(32)30(18-22-11-7-15-34-22)20-26(31)29(19-23-12-8-16-35-23)17-21-9-3-2-4-10-21/h2-6,8-10,12-14,16,22H,7,11,15,17-20H2,1H3,(H,28,32). The number of nitrogens with zero attached hydrogens (tertiary/aromatic N) is 2. The maximum Gasteiger partial charge on any atom is 0.322 e. The molecule has 1 N–H and O–H groups in total. The van der Waals surface area contributed by atoms with E-state index in [-0.39, 0.29) is 24.6 Å². The molecular formula is C27H31N3O4S. The van der Waals surface area contributed by atoms with Gasteiger partial charge in [0, 0.05) is 24.6 Å². The minimum absolute atomic E-state index is 0.0426. The Hall–Kier alpha value is -3.36. The van der Waals surface area contributed by atoms with Gasteiger partial charge in [-0.05, 0) is 42.0 Å². The first-order chi connectivity index (χ1) is 17.1. The van der Waals surface area contributed by atoms with E-state index in [0.717, 1.165) is 23.3 Å². The van der Waals surface area contributed by atoms with Crippen molar-refractivity contribution in [3.05, 3.63) is 82.6 Å². The molecule has 8 heteroatoms. The van der Waals surface area contributed by atoms with Crippen LogP contribution >= 0.6 is 11.3 Å². The molecule has 0 bridgehead atoms. The molecule has 2 heterocycles. The van der Waals surface area contributed by atoms with Crippen molar-refractivity contribution in [3.8, 4) is 5.75 Å². The van der Waals surface area contributed by atoms with Gasteiger partial charge in [-0.1, -0.05) is 48.5 Å². The van der Waals surface area contributed by atoms with Gasteiger partial charge in [-0.3, -0.25) is 4.79 Å². The Morgan fingerprint density at radius 1 is 1.03 bits per heavy atom. The SMILES string of the molecule is COc1ccccc1NC(=O)N(CC(=O)N(Cc1ccccc1)Cc1cccs1)CC1CCCO1. The molecule has 3 aromatic rings. The van der Waals surface area contributed by atoms with Gasteiger partial charge in [0.25, 0.3) is 0 Å². The Balaban J connectivity index is 1.51. The van der Waals surface area contributed by atoms with Crippen LogP contribution < -0.4 is 10.1 Å². The number of ether oxygens (including phenoxy) is 2. The zero-order valence-corrected chi connectivity index (χ0v) is 20.7. The number of para-hydroxylation sites is 2. The number of anilines is 1. The third-order valence-corrected chi connectivity index (χ3v) is 6.77. The third kappa shape index (κ3) is 7.07. The molecular weight excluding hydrogens is 462 g/mol. The molecule has 0 saturated carbocycles. The van der Waals surface area contributed by atoms with Gasteiger partial charge in [0.1, 0.15) is 12.3 Å². The van der Waals surface area contributed by atoms with Gasteiger partial charge in [-0.2, -0.15) is 0 Å². The first-order valence-electron chi connectivity index (χ1n) is 11.8. The predicted octanol–water partition coefficient (Wildman–Crippen LogP) is 5.00. The molecule has 35 heavy (non-hydrogen) atoms. The van der Waals surface area contributed by atoms with E-state index in [1.54, 1.807) is 40.4 Å². The molecule has 0 radical (unpaired) electrons. The number of urea groups is 1. The summed E-state index contributed by atoms with van der Waals surface area (Å²) in [5.41, 5.74) is 1.60. The Kier molecular flexibility index (Phi) is 8.75. The Morgan fingerprint density at radius 3 is 2.54 bits per heavy atom. The van der Waals surface area contributed by atoms with Crippen LogP contribution in [0.3, 0.4) is 0 Å². The van der Waals surface area contributed by atoms with Gasteiger partial charge >= 0.3 is 6.03 Å². The van der Waals surface area contributed by atoms with Crippen molar-refractivity contribution in [1.82, 2.24) is 9.80 Å². The van der Waals surface area contributed by atoms with Crippen molar-refractivity contribution in [2.75, 3.05) is 32.1 Å². The van der Waals surface area contributed by atoms with E-state index < -0.39 is 0 Å². The highest BCUT2D eigenvalue weighted by Gasteiger charge is 2.27. The van der Waals surface area contributed by atoms with Crippen molar-refractivity contribution in [1.29, 1.82) is 0 Å². The zero-order chi connectivity index (χ0) is 24.5. The molecule has 7 nitrogen and oxygen atoms in total. The minimum atomic E-state index is -0.353. The number of thiophene rings is 1. The normalized spacial score (nSPS) is 14.9. The Labute approximate surface area is 210 Å². The summed E-state index contributed by atoms with van der Waals surface area (Å²) in [5.74, 6) is 0.447. The molecule has 1 fully saturated rings. The summed E-state index contributed by atoms with van der Waals surface area (Å²) < 4.78 is 11.2. The predicted molar refractivity (Wildman–Crippen MR) is 138 cm³/mol. The monoisotopic (exact) mass is 493 g/mol. The van der Waals surface area contributed by atoms with Crippen LogP contribution in [0.5, 0.6) is 5.75 Å². The minimum Gasteiger partial charge on any atom is -0.495 e. The van der Waals surface area contributed by atoms with E-state index in [4.69, 9.17) is 9.47 Å². The highest BCUT2D eigenvalue weighted by Crippen LogP contribution is 2.24. The summed E-state index contributed by atoms with van der Waals surface area (Å²) >= 11 is 1.62. The number of rotatable bonds is 10. The quantitative estimate of drug-likeness (QED) is 0.432. The van der Waals surface area contributed by atoms with Gasteiger partial charge in [-0.15, -0.1) is 11.3 Å². The van der Waals surface area contributed by atoms with E-state index in [1.807, 2.05) is 60.0 Å². The summed E-state index contributed by atoms with van der Waals surface area (Å²) in [6.07, 6.45) is 1.75. The van der Waals surface area contributed by atoms with Crippen molar-refractivity contribution >= 4 is 29.0 Å². The van der Waals surface area contributed by atoms with Crippen LogP contribution in [0.25, 0.3) is 0 Å². The van der Waals surface area contributed by atoms with Gasteiger partial charge in [0.2, 0.25) is 5.91 Å². The second kappa shape index (κ2) is 12.4. The molecule has 0 spiro atoms. The zero-order valence-electron chi connectivity index (χ0n) is 19.9. The van der Waals surface area contributed by atoms with Crippen LogP contribution in [-0.2, 0) is 22.6 Å². The van der Waals surface area contributed by atoms with Crippen LogP contribution in [0.2, 0.25) is 0 Å². The van der Waals surface area contributed by atoms with Gasteiger partial charge in [0.15, 0.2) is 0 Å². The number of hydrogen-bond donors (Lipinski definition) is 1. The lowest BCUT2D eigenvalue weighted by Crippen LogP contribution is -2.46. The topological polar surface area (TPSA) is 71.1 Å². The lowest BCUT2D eigenvalue weighted by atomic mass is 10.2. The molecule has 2 aromatic carbocycles. The van der Waals surface area contributed by atoms with Crippen molar-refractivity contribution < 1.29 is 19.1 Å². The van der Waals surface area contributed by atoms with Crippen molar-refractivity contribution in [2.24, 2.45) is 0 Å². The molecule has 1 saturated heterocycles. The van der Waals surface area contributed by atoms with Crippen LogP contribution in [0.15, 0.2) is 72.1 Å². The van der Waals surface area contributed by atoms with E-state index in [2.05, 4.69) is 5.32 Å². The van der Waals surface area contributed by atoms with Crippen LogP contribution in [0.4, 0.5) is 10.5 Å². The van der Waals surface area contributed by atoms with E-state index in [9.17, 15) is 9.59 Å². The van der Waals surface area contributed by atoms with Gasteiger partial charge in [-0.25, -0.2) is 4.79 Å². The van der Waals surface area contributed by atoms with Crippen LogP contribution in [0.1, 0.15) is 23.3 Å². The fraction of sp³-hybridized carbons (Fsp3) is 0.333. The average Bonchev–Trinajstić information content (AvgIpc) is 3.59. The number of hydrogen-bond acceptors (Lipinski definition) is 5. The van der Waals surface area contributed by atoms with Crippen molar-refractivity contribution in [3.63, 3.8) is 0 Å². The maximum absolute atomic E-state index is 13.6. The lowest BCUT2D eigenvalue weighted by Gasteiger charge is -2.29. The number of carbonyl (C=O) groups excluding carboxylic acids is 2. The Bertz CT molecular complexity index is 1080. The molecule has 184 valence electrons. The summed E-state index contributed by atoms with van der Waals surface area (Å²) in [6, 6.07) is 20.8. The van der Waals surface area contributed by atoms with E-state index >= 15 is 0 Å². The van der Waals surface area contributed by atoms with Gasteiger partial charge < -0.3 is 24.6 Å². The first-order valence-corrected chi connectivity index (χ1v) is 12.6.